The van der Waals surface area contributed by atoms with Crippen LogP contribution in [0, 0.1) is 11.8 Å². The molecule has 2 saturated heterocycles. The third-order valence-corrected chi connectivity index (χ3v) is 20.6. The van der Waals surface area contributed by atoms with E-state index in [4.69, 9.17) is 18.9 Å². The van der Waals surface area contributed by atoms with Gasteiger partial charge in [0, 0.05) is 95.4 Å². The minimum atomic E-state index is -1.20. The molecular formula is C82H90N6O10. The molecule has 508 valence electrons. The average Bonchev–Trinajstić information content (AvgIpc) is 0.671. The van der Waals surface area contributed by atoms with Crippen molar-refractivity contribution in [2.45, 2.75) is 133 Å². The number of likely N-dealkylation sites (N-methyl/N-ethyl adjacent to an activating group) is 2. The third kappa shape index (κ3) is 11.9. The molecule has 0 bridgehead atoms. The first kappa shape index (κ1) is 67.2. The summed E-state index contributed by atoms with van der Waals surface area (Å²) >= 11 is 0. The van der Waals surface area contributed by atoms with Gasteiger partial charge in [0.15, 0.2) is 0 Å². The molecule has 16 nitrogen and oxygen atoms in total. The molecule has 9 aromatic carbocycles. The normalized spacial score (nSPS) is 16.3. The van der Waals surface area contributed by atoms with E-state index in [0.29, 0.717) is 108 Å². The Morgan fingerprint density at radius 3 is 0.796 bits per heavy atom. The predicted octanol–water partition coefficient (Wildman–Crippen LogP) is 17.0. The van der Waals surface area contributed by atoms with Crippen molar-refractivity contribution in [3.8, 4) is 46.0 Å². The zero-order valence-electron chi connectivity index (χ0n) is 59.0. The van der Waals surface area contributed by atoms with Crippen LogP contribution in [-0.2, 0) is 9.59 Å². The van der Waals surface area contributed by atoms with Gasteiger partial charge in [-0.15, -0.1) is 0 Å². The Morgan fingerprint density at radius 2 is 0.582 bits per heavy atom. The van der Waals surface area contributed by atoms with E-state index in [1.54, 1.807) is 34.1 Å². The number of carbonyl (C=O) groups excluding carboxylic acids is 6. The summed E-state index contributed by atoms with van der Waals surface area (Å²) in [6.07, 6.45) is 0. The largest absolute Gasteiger partial charge is 0.457 e. The molecule has 98 heavy (non-hydrogen) atoms. The number of imide groups is 2. The summed E-state index contributed by atoms with van der Waals surface area (Å²) in [5.41, 5.74) is 4.34. The topological polar surface area (TPSA) is 159 Å². The Bertz CT molecular complexity index is 4140. The van der Waals surface area contributed by atoms with Crippen LogP contribution in [0.25, 0.3) is 43.1 Å². The molecule has 9 aromatic rings. The molecule has 4 aliphatic heterocycles. The summed E-state index contributed by atoms with van der Waals surface area (Å²) in [7, 11) is 0. The summed E-state index contributed by atoms with van der Waals surface area (Å²) < 4.78 is 29.6. The lowest BCUT2D eigenvalue weighted by atomic mass is 9.80. The van der Waals surface area contributed by atoms with Crippen molar-refractivity contribution in [2.75, 3.05) is 65.4 Å². The van der Waals surface area contributed by atoms with Crippen molar-refractivity contribution in [3.05, 3.63) is 166 Å². The van der Waals surface area contributed by atoms with E-state index in [0.717, 1.165) is 45.1 Å². The molecule has 0 radical (unpaired) electrons. The summed E-state index contributed by atoms with van der Waals surface area (Å²) in [6, 6.07) is 35.4. The molecule has 2 fully saturated rings. The molecule has 0 N–H and O–H groups in total. The molecule has 2 atom stereocenters. The highest BCUT2D eigenvalue weighted by Crippen LogP contribution is 2.58. The van der Waals surface area contributed by atoms with Crippen molar-refractivity contribution in [1.82, 2.24) is 29.4 Å². The number of rotatable bonds is 20. The molecule has 4 aliphatic rings. The molecule has 0 spiro atoms. The van der Waals surface area contributed by atoms with Gasteiger partial charge in [-0.3, -0.25) is 38.6 Å². The van der Waals surface area contributed by atoms with Crippen LogP contribution in [0.1, 0.15) is 184 Å². The highest BCUT2D eigenvalue weighted by Gasteiger charge is 2.49. The first-order valence-electron chi connectivity index (χ1n) is 35.2. The molecule has 0 saturated carbocycles. The fraction of sp³-hybridized carbons (Fsp3) is 0.390. The molecule has 0 aliphatic carbocycles. The van der Waals surface area contributed by atoms with Gasteiger partial charge in [-0.1, -0.05) is 145 Å². The van der Waals surface area contributed by atoms with Crippen molar-refractivity contribution in [2.24, 2.45) is 11.8 Å². The number of fused-ring (bicyclic) bond motifs is 2. The molecule has 2 unspecified atom stereocenters. The fourth-order valence-corrected chi connectivity index (χ4v) is 15.0. The molecule has 13 rings (SSSR count). The van der Waals surface area contributed by atoms with Gasteiger partial charge in [-0.25, -0.2) is 0 Å². The molecular weight excluding hydrogens is 1230 g/mol. The minimum Gasteiger partial charge on any atom is -0.457 e. The summed E-state index contributed by atoms with van der Waals surface area (Å²) in [5.74, 6) is -1.61. The zero-order valence-corrected chi connectivity index (χ0v) is 59.0. The lowest BCUT2D eigenvalue weighted by Gasteiger charge is -2.41. The quantitative estimate of drug-likeness (QED) is 0.0404. The Balaban J connectivity index is 1.20. The van der Waals surface area contributed by atoms with Crippen LogP contribution < -0.4 is 18.9 Å². The first-order chi connectivity index (χ1) is 47.0. The lowest BCUT2D eigenvalue weighted by Crippen LogP contribution is -2.59. The zero-order chi connectivity index (χ0) is 69.4. The standard InChI is InChI=1S/C82H90N6O10/c1-15-83-29-33-85(34-30-83)81(93)75(49(11)12)87-77(89)59-41-63(95-55-25-17-21-51(37-55)45(3)4)69-71-65(97-57-27-19-23-53(39-57)47(7)8)43-61-68-62(80(92)88(79(61)91)76(50(13)14)82(94)86-35-31-84(16-2)32-36-86)44-66(98-58-28-20-24-54(40-58)48(9)10)72(74(68)71)70-64(42-60(78(87)90)67(59)73(69)70)96-56-26-18-22-52(38-56)46(5)6/h17-28,37-50,75-76H,15-16,29-36H2,1-14H3. The maximum absolute atomic E-state index is 16.4. The van der Waals surface area contributed by atoms with Crippen LogP contribution in [0.15, 0.2) is 121 Å². The third-order valence-electron chi connectivity index (χ3n) is 20.6. The number of nitrogens with zero attached hydrogens (tertiary/aromatic N) is 6. The van der Waals surface area contributed by atoms with Gasteiger partial charge in [0.1, 0.15) is 58.1 Å². The maximum Gasteiger partial charge on any atom is 0.262 e. The second-order valence-corrected chi connectivity index (χ2v) is 28.9. The number of amides is 6. The van der Waals surface area contributed by atoms with Crippen LogP contribution in [-0.4, -0.2) is 142 Å². The Morgan fingerprint density at radius 1 is 0.337 bits per heavy atom. The average molecular weight is 1320 g/mol. The van der Waals surface area contributed by atoms with E-state index in [2.05, 4.69) is 79.0 Å². The molecule has 16 heteroatoms. The smallest absolute Gasteiger partial charge is 0.262 e. The van der Waals surface area contributed by atoms with Gasteiger partial charge in [0.2, 0.25) is 11.8 Å². The minimum absolute atomic E-state index is 0.0881. The van der Waals surface area contributed by atoms with Crippen LogP contribution in [0.4, 0.5) is 0 Å². The van der Waals surface area contributed by atoms with E-state index in [1.165, 1.54) is 0 Å². The lowest BCUT2D eigenvalue weighted by molar-refractivity contribution is -0.139. The number of hydrogen-bond acceptors (Lipinski definition) is 12. The van der Waals surface area contributed by atoms with E-state index < -0.39 is 47.5 Å². The van der Waals surface area contributed by atoms with Gasteiger partial charge >= 0.3 is 0 Å². The first-order valence-corrected chi connectivity index (χ1v) is 35.2. The summed E-state index contributed by atoms with van der Waals surface area (Å²) in [6.45, 7) is 34.4. The van der Waals surface area contributed by atoms with Crippen molar-refractivity contribution in [3.63, 3.8) is 0 Å². The van der Waals surface area contributed by atoms with Gasteiger partial charge in [-0.05, 0) is 144 Å². The SMILES string of the molecule is CCN1CCN(C(=O)C(C(C)C)N2C(=O)c3cc(Oc4cccc(C(C)C)c4)c4c5c(Oc6cccc(C(C)C)c6)cc6c7c(cc(Oc8cccc(C(C)C)c8)c(c8c(Oc9cccc(C(C)C)c9)cc(c3c48)C2=O)c75)C(=O)N(C(C(=O)N2CCN(CC)CC2)C(C)C)C6=O)CC1. The number of piperazine rings is 2. The van der Waals surface area contributed by atoms with Crippen LogP contribution in [0.2, 0.25) is 0 Å². The number of carbonyl (C=O) groups is 6. The molecule has 6 amide bonds. The van der Waals surface area contributed by atoms with Gasteiger partial charge < -0.3 is 38.5 Å². The van der Waals surface area contributed by atoms with E-state index in [1.807, 2.05) is 125 Å². The number of benzene rings is 9. The summed E-state index contributed by atoms with van der Waals surface area (Å²) in [4.78, 5) is 107. The monoisotopic (exact) mass is 1320 g/mol. The fourth-order valence-electron chi connectivity index (χ4n) is 15.0. The van der Waals surface area contributed by atoms with E-state index in [9.17, 15) is 0 Å². The number of ether oxygens (including phenoxy) is 4. The van der Waals surface area contributed by atoms with E-state index in [-0.39, 0.29) is 91.5 Å². The van der Waals surface area contributed by atoms with Crippen molar-refractivity contribution in [1.29, 1.82) is 0 Å². The molecule has 0 aromatic heterocycles. The Kier molecular flexibility index (Phi) is 18.4. The highest BCUT2D eigenvalue weighted by atomic mass is 16.5. The molecule has 4 heterocycles. The van der Waals surface area contributed by atoms with E-state index >= 15 is 28.8 Å². The Labute approximate surface area is 574 Å². The Hall–Kier alpha value is -9.38. The van der Waals surface area contributed by atoms with Crippen LogP contribution >= 0.6 is 0 Å². The second kappa shape index (κ2) is 26.8. The van der Waals surface area contributed by atoms with Crippen molar-refractivity contribution < 1.29 is 47.7 Å². The van der Waals surface area contributed by atoms with Gasteiger partial charge in [0.25, 0.3) is 23.6 Å². The van der Waals surface area contributed by atoms with Crippen molar-refractivity contribution >= 4 is 78.5 Å². The highest BCUT2D eigenvalue weighted by molar-refractivity contribution is 6.45. The maximum atomic E-state index is 16.4. The summed E-state index contributed by atoms with van der Waals surface area (Å²) in [5, 5.41) is 2.78. The predicted molar refractivity (Wildman–Crippen MR) is 386 cm³/mol. The number of hydrogen-bond donors (Lipinski definition) is 0. The van der Waals surface area contributed by atoms with Gasteiger partial charge in [0.05, 0.1) is 22.3 Å². The van der Waals surface area contributed by atoms with Crippen LogP contribution in [0.5, 0.6) is 46.0 Å². The van der Waals surface area contributed by atoms with Crippen LogP contribution in [0.3, 0.4) is 0 Å². The second-order valence-electron chi connectivity index (χ2n) is 28.9. The van der Waals surface area contributed by atoms with Gasteiger partial charge in [-0.2, -0.15) is 0 Å².